The van der Waals surface area contributed by atoms with E-state index in [2.05, 4.69) is 5.32 Å². The number of nitrogens with two attached hydrogens (primary N) is 1. The van der Waals surface area contributed by atoms with Crippen LogP contribution in [-0.4, -0.2) is 60.6 Å². The molecule has 1 atom stereocenters. The van der Waals surface area contributed by atoms with Gasteiger partial charge in [0.15, 0.2) is 0 Å². The summed E-state index contributed by atoms with van der Waals surface area (Å²) in [5.74, 6) is -1.06. The van der Waals surface area contributed by atoms with Crippen LogP contribution < -0.4 is 11.1 Å². The number of esters is 1. The Hall–Kier alpha value is -2.45. The lowest BCUT2D eigenvalue weighted by atomic mass is 10.1. The number of hydrogen-bond donors (Lipinski definition) is 2. The Morgan fingerprint density at radius 2 is 1.78 bits per heavy atom. The molecule has 1 aromatic carbocycles. The van der Waals surface area contributed by atoms with Gasteiger partial charge in [0.05, 0.1) is 31.2 Å². The number of nitrogens with zero attached hydrogens (tertiary/aromatic N) is 1. The maximum Gasteiger partial charge on any atom is 0.338 e. The number of anilines is 1. The number of carbonyl (C=O) groups excluding carboxylic acids is 3. The first-order valence-electron chi connectivity index (χ1n) is 8.91. The summed E-state index contributed by atoms with van der Waals surface area (Å²) in [5, 5.41) is 2.65. The van der Waals surface area contributed by atoms with E-state index < -0.39 is 23.5 Å². The second-order valence-electron chi connectivity index (χ2n) is 7.37. The van der Waals surface area contributed by atoms with Gasteiger partial charge in [0.25, 0.3) is 0 Å². The predicted molar refractivity (Wildman–Crippen MR) is 100 cm³/mol. The molecular formula is C19H27N3O5. The second-order valence-corrected chi connectivity index (χ2v) is 7.37. The fourth-order valence-corrected chi connectivity index (χ4v) is 2.48. The number of nitrogens with one attached hydrogen (secondary N) is 1. The summed E-state index contributed by atoms with van der Waals surface area (Å²) in [6.45, 7) is 7.39. The molecule has 8 heteroatoms. The van der Waals surface area contributed by atoms with Crippen LogP contribution in [0.3, 0.4) is 0 Å². The van der Waals surface area contributed by atoms with Crippen LogP contribution in [0.15, 0.2) is 24.3 Å². The average molecular weight is 377 g/mol. The zero-order chi connectivity index (χ0) is 20.0. The molecule has 1 saturated heterocycles. The van der Waals surface area contributed by atoms with Crippen molar-refractivity contribution >= 4 is 23.5 Å². The minimum absolute atomic E-state index is 0.0676. The fourth-order valence-electron chi connectivity index (χ4n) is 2.48. The van der Waals surface area contributed by atoms with Gasteiger partial charge >= 0.3 is 5.97 Å². The molecule has 0 spiro atoms. The number of morpholine rings is 1. The summed E-state index contributed by atoms with van der Waals surface area (Å²) in [4.78, 5) is 38.0. The summed E-state index contributed by atoms with van der Waals surface area (Å²) in [7, 11) is 0. The maximum absolute atomic E-state index is 12.2. The second kappa shape index (κ2) is 8.96. The molecular weight excluding hydrogens is 350 g/mol. The van der Waals surface area contributed by atoms with Crippen molar-refractivity contribution in [1.29, 1.82) is 0 Å². The van der Waals surface area contributed by atoms with Gasteiger partial charge in [-0.2, -0.15) is 0 Å². The van der Waals surface area contributed by atoms with E-state index in [0.717, 1.165) is 0 Å². The van der Waals surface area contributed by atoms with E-state index in [1.54, 1.807) is 49.9 Å². The van der Waals surface area contributed by atoms with Crippen LogP contribution in [-0.2, 0) is 19.1 Å². The molecule has 3 N–H and O–H groups in total. The van der Waals surface area contributed by atoms with E-state index in [1.807, 2.05) is 0 Å². The van der Waals surface area contributed by atoms with Crippen LogP contribution in [0.2, 0.25) is 0 Å². The average Bonchev–Trinajstić information content (AvgIpc) is 2.61. The Kier molecular flexibility index (Phi) is 6.92. The third-order valence-electron chi connectivity index (χ3n) is 3.88. The van der Waals surface area contributed by atoms with Crippen molar-refractivity contribution in [3.8, 4) is 0 Å². The van der Waals surface area contributed by atoms with E-state index in [4.69, 9.17) is 15.2 Å². The fraction of sp³-hybridized carbons (Fsp3) is 0.526. The molecule has 0 saturated carbocycles. The summed E-state index contributed by atoms with van der Waals surface area (Å²) in [5.41, 5.74) is 6.15. The van der Waals surface area contributed by atoms with Crippen molar-refractivity contribution in [1.82, 2.24) is 4.90 Å². The van der Waals surface area contributed by atoms with Crippen molar-refractivity contribution in [3.05, 3.63) is 29.8 Å². The number of ether oxygens (including phenoxy) is 2. The van der Waals surface area contributed by atoms with E-state index in [0.29, 0.717) is 37.6 Å². The number of amides is 2. The van der Waals surface area contributed by atoms with Crippen molar-refractivity contribution in [3.63, 3.8) is 0 Å². The number of hydrogen-bond acceptors (Lipinski definition) is 6. The smallest absolute Gasteiger partial charge is 0.338 e. The van der Waals surface area contributed by atoms with Gasteiger partial charge in [-0.05, 0) is 45.0 Å². The molecule has 27 heavy (non-hydrogen) atoms. The van der Waals surface area contributed by atoms with Crippen LogP contribution in [0.1, 0.15) is 37.6 Å². The van der Waals surface area contributed by atoms with Gasteiger partial charge in [-0.25, -0.2) is 4.79 Å². The van der Waals surface area contributed by atoms with Crippen LogP contribution in [0, 0.1) is 0 Å². The predicted octanol–water partition coefficient (Wildman–Crippen LogP) is 1.16. The molecule has 8 nitrogen and oxygen atoms in total. The lowest BCUT2D eigenvalue weighted by molar-refractivity contribution is -0.137. The molecule has 0 unspecified atom stereocenters. The number of carbonyl (C=O) groups is 3. The summed E-state index contributed by atoms with van der Waals surface area (Å²) in [6.07, 6.45) is -0.0676. The van der Waals surface area contributed by atoms with Gasteiger partial charge in [-0.15, -0.1) is 0 Å². The number of rotatable bonds is 5. The normalized spacial score (nSPS) is 15.8. The van der Waals surface area contributed by atoms with Gasteiger partial charge in [0.1, 0.15) is 5.60 Å². The van der Waals surface area contributed by atoms with E-state index >= 15 is 0 Å². The molecule has 1 fully saturated rings. The van der Waals surface area contributed by atoms with Crippen molar-refractivity contribution in [2.24, 2.45) is 5.73 Å². The Bertz CT molecular complexity index is 676. The van der Waals surface area contributed by atoms with Crippen molar-refractivity contribution in [2.45, 2.75) is 38.8 Å². The molecule has 2 amide bonds. The van der Waals surface area contributed by atoms with Crippen LogP contribution in [0.5, 0.6) is 0 Å². The van der Waals surface area contributed by atoms with Gasteiger partial charge in [-0.3, -0.25) is 9.59 Å². The molecule has 0 radical (unpaired) electrons. The minimum Gasteiger partial charge on any atom is -0.456 e. The largest absolute Gasteiger partial charge is 0.456 e. The molecule has 1 aliphatic heterocycles. The summed E-state index contributed by atoms with van der Waals surface area (Å²) < 4.78 is 10.5. The first kappa shape index (κ1) is 20.9. The monoisotopic (exact) mass is 377 g/mol. The molecule has 1 aliphatic rings. The molecule has 1 heterocycles. The molecule has 148 valence electrons. The highest BCUT2D eigenvalue weighted by atomic mass is 16.6. The Morgan fingerprint density at radius 3 is 2.33 bits per heavy atom. The van der Waals surface area contributed by atoms with E-state index in [9.17, 15) is 14.4 Å². The van der Waals surface area contributed by atoms with Gasteiger partial charge < -0.3 is 25.4 Å². The third-order valence-corrected chi connectivity index (χ3v) is 3.88. The van der Waals surface area contributed by atoms with Crippen LogP contribution in [0.25, 0.3) is 0 Å². The highest BCUT2D eigenvalue weighted by Crippen LogP contribution is 2.15. The molecule has 2 rings (SSSR count). The van der Waals surface area contributed by atoms with Crippen molar-refractivity contribution in [2.75, 3.05) is 31.6 Å². The quantitative estimate of drug-likeness (QED) is 0.745. The highest BCUT2D eigenvalue weighted by molar-refractivity contribution is 5.98. The standard InChI is InChI=1S/C19H27N3O5/c1-19(2,3)27-18(25)13-4-6-14(7-5-13)21-17(24)15(20)12-16(23)22-8-10-26-11-9-22/h4-7,15H,8-12,20H2,1-3H3,(H,21,24)/t15-/m0/s1. The Labute approximate surface area is 159 Å². The van der Waals surface area contributed by atoms with Gasteiger partial charge in [0, 0.05) is 18.8 Å². The van der Waals surface area contributed by atoms with E-state index in [-0.39, 0.29) is 12.3 Å². The lowest BCUT2D eigenvalue weighted by Crippen LogP contribution is -2.45. The van der Waals surface area contributed by atoms with Crippen molar-refractivity contribution < 1.29 is 23.9 Å². The Morgan fingerprint density at radius 1 is 1.19 bits per heavy atom. The van der Waals surface area contributed by atoms with Crippen LogP contribution in [0.4, 0.5) is 5.69 Å². The zero-order valence-corrected chi connectivity index (χ0v) is 16.0. The molecule has 0 aromatic heterocycles. The first-order chi connectivity index (χ1) is 12.7. The van der Waals surface area contributed by atoms with Crippen LogP contribution >= 0.6 is 0 Å². The number of benzene rings is 1. The SMILES string of the molecule is CC(C)(C)OC(=O)c1ccc(NC(=O)[C@@H](N)CC(=O)N2CCOCC2)cc1. The topological polar surface area (TPSA) is 111 Å². The van der Waals surface area contributed by atoms with Gasteiger partial charge in [-0.1, -0.05) is 0 Å². The molecule has 0 aliphatic carbocycles. The highest BCUT2D eigenvalue weighted by Gasteiger charge is 2.23. The lowest BCUT2D eigenvalue weighted by Gasteiger charge is -2.27. The molecule has 0 bridgehead atoms. The summed E-state index contributed by atoms with van der Waals surface area (Å²) in [6, 6.07) is 5.36. The van der Waals surface area contributed by atoms with Gasteiger partial charge in [0.2, 0.25) is 11.8 Å². The summed E-state index contributed by atoms with van der Waals surface area (Å²) >= 11 is 0. The Balaban J connectivity index is 1.87. The molecule has 1 aromatic rings. The maximum atomic E-state index is 12.2. The first-order valence-corrected chi connectivity index (χ1v) is 8.91. The minimum atomic E-state index is -0.953. The zero-order valence-electron chi connectivity index (χ0n) is 16.0. The van der Waals surface area contributed by atoms with E-state index in [1.165, 1.54) is 0 Å². The third kappa shape index (κ3) is 6.65.